The van der Waals surface area contributed by atoms with Crippen molar-refractivity contribution in [1.29, 1.82) is 0 Å². The van der Waals surface area contributed by atoms with Crippen LogP contribution in [0.25, 0.3) is 11.5 Å². The maximum absolute atomic E-state index is 12.7. The van der Waals surface area contributed by atoms with Gasteiger partial charge in [0.15, 0.2) is 0 Å². The first-order chi connectivity index (χ1) is 19.0. The lowest BCUT2D eigenvalue weighted by atomic mass is 10.1. The van der Waals surface area contributed by atoms with E-state index in [1.165, 1.54) is 24.3 Å². The molecule has 5 rings (SSSR count). The Bertz CT molecular complexity index is 1450. The third kappa shape index (κ3) is 6.41. The van der Waals surface area contributed by atoms with E-state index in [0.717, 1.165) is 30.5 Å². The van der Waals surface area contributed by atoms with Crippen LogP contribution in [-0.2, 0) is 4.79 Å². The van der Waals surface area contributed by atoms with Gasteiger partial charge in [-0.2, -0.15) is 0 Å². The number of piperazine rings is 1. The minimum atomic E-state index is -0.484. The molecule has 1 N–H and O–H groups in total. The largest absolute Gasteiger partial charge is 0.411 e. The van der Waals surface area contributed by atoms with Crippen molar-refractivity contribution in [1.82, 2.24) is 15.1 Å². The molecular weight excluding hydrogens is 520 g/mol. The lowest BCUT2D eigenvalue weighted by molar-refractivity contribution is -0.384. The molecule has 12 heteroatoms. The number of nitrogens with zero attached hydrogens (tertiary/aromatic N) is 5. The smallest absolute Gasteiger partial charge is 0.277 e. The lowest BCUT2D eigenvalue weighted by Gasteiger charge is -2.36. The highest BCUT2D eigenvalue weighted by Gasteiger charge is 2.22. The van der Waals surface area contributed by atoms with Gasteiger partial charge in [-0.1, -0.05) is 30.0 Å². The van der Waals surface area contributed by atoms with Crippen molar-refractivity contribution in [2.75, 3.05) is 42.1 Å². The van der Waals surface area contributed by atoms with Gasteiger partial charge in [0.1, 0.15) is 0 Å². The molecule has 0 saturated carbocycles. The van der Waals surface area contributed by atoms with Gasteiger partial charge in [0, 0.05) is 60.8 Å². The Balaban J connectivity index is 1.08. The Morgan fingerprint density at radius 2 is 1.62 bits per heavy atom. The third-order valence-electron chi connectivity index (χ3n) is 6.16. The predicted molar refractivity (Wildman–Crippen MR) is 147 cm³/mol. The van der Waals surface area contributed by atoms with Gasteiger partial charge in [-0.15, -0.1) is 10.2 Å². The van der Waals surface area contributed by atoms with Crippen molar-refractivity contribution in [3.05, 3.63) is 94.5 Å². The lowest BCUT2D eigenvalue weighted by Crippen LogP contribution is -2.48. The van der Waals surface area contributed by atoms with E-state index in [2.05, 4.69) is 20.4 Å². The second-order valence-electron chi connectivity index (χ2n) is 8.71. The topological polar surface area (TPSA) is 135 Å². The van der Waals surface area contributed by atoms with Gasteiger partial charge < -0.3 is 19.5 Å². The van der Waals surface area contributed by atoms with E-state index in [1.807, 2.05) is 59.5 Å². The maximum atomic E-state index is 12.7. The van der Waals surface area contributed by atoms with E-state index < -0.39 is 4.92 Å². The Hall–Kier alpha value is -4.71. The first-order valence-corrected chi connectivity index (χ1v) is 13.1. The van der Waals surface area contributed by atoms with Crippen molar-refractivity contribution in [3.8, 4) is 11.5 Å². The summed E-state index contributed by atoms with van der Waals surface area (Å²) >= 11 is 1.10. The summed E-state index contributed by atoms with van der Waals surface area (Å²) in [5.41, 5.74) is 2.91. The molecule has 2 amide bonds. The molecule has 0 spiro atoms. The third-order valence-corrected chi connectivity index (χ3v) is 6.98. The molecule has 0 unspecified atom stereocenters. The molecule has 1 aromatic heterocycles. The summed E-state index contributed by atoms with van der Waals surface area (Å²) in [6, 6.07) is 22.7. The molecule has 0 bridgehead atoms. The molecule has 1 aliphatic rings. The number of carbonyl (C=O) groups excluding carboxylic acids is 2. The van der Waals surface area contributed by atoms with Crippen molar-refractivity contribution >= 4 is 40.6 Å². The summed E-state index contributed by atoms with van der Waals surface area (Å²) in [6.07, 6.45) is 0. The van der Waals surface area contributed by atoms with Crippen molar-refractivity contribution in [2.24, 2.45) is 0 Å². The number of aromatic nitrogens is 2. The number of hydrogen-bond acceptors (Lipinski definition) is 9. The van der Waals surface area contributed by atoms with Crippen molar-refractivity contribution in [2.45, 2.75) is 5.22 Å². The van der Waals surface area contributed by atoms with Crippen LogP contribution < -0.4 is 10.2 Å². The second kappa shape index (κ2) is 11.8. The van der Waals surface area contributed by atoms with Gasteiger partial charge in [-0.05, 0) is 48.5 Å². The molecule has 1 saturated heterocycles. The number of benzene rings is 3. The molecule has 0 atom stereocenters. The van der Waals surface area contributed by atoms with Crippen LogP contribution in [0.2, 0.25) is 0 Å². The van der Waals surface area contributed by atoms with Gasteiger partial charge in [0.05, 0.1) is 10.7 Å². The van der Waals surface area contributed by atoms with Crippen LogP contribution in [0.5, 0.6) is 0 Å². The van der Waals surface area contributed by atoms with Crippen LogP contribution in [0, 0.1) is 10.1 Å². The normalized spacial score (nSPS) is 13.2. The van der Waals surface area contributed by atoms with Crippen LogP contribution in [0.3, 0.4) is 0 Å². The van der Waals surface area contributed by atoms with Gasteiger partial charge in [-0.25, -0.2) is 0 Å². The van der Waals surface area contributed by atoms with E-state index >= 15 is 0 Å². The van der Waals surface area contributed by atoms with Gasteiger partial charge in [0.25, 0.3) is 16.8 Å². The monoisotopic (exact) mass is 544 g/mol. The predicted octanol–water partition coefficient (Wildman–Crippen LogP) is 4.34. The zero-order valence-electron chi connectivity index (χ0n) is 20.7. The highest BCUT2D eigenvalue weighted by molar-refractivity contribution is 7.99. The SMILES string of the molecule is O=C(CSc1nnc(-c2ccc([N+](=O)[O-])cc2)o1)Nc1ccc(N2CCN(C(=O)c3ccccc3)CC2)cc1. The summed E-state index contributed by atoms with van der Waals surface area (Å²) in [5, 5.41) is 21.7. The van der Waals surface area contributed by atoms with E-state index in [9.17, 15) is 19.7 Å². The highest BCUT2D eigenvalue weighted by Crippen LogP contribution is 2.25. The number of nitro benzene ring substituents is 1. The van der Waals surface area contributed by atoms with Gasteiger partial charge >= 0.3 is 0 Å². The molecule has 1 aliphatic heterocycles. The van der Waals surface area contributed by atoms with E-state index in [4.69, 9.17) is 4.42 Å². The molecule has 0 radical (unpaired) electrons. The van der Waals surface area contributed by atoms with E-state index in [1.54, 1.807) is 0 Å². The molecule has 3 aromatic carbocycles. The quantitative estimate of drug-likeness (QED) is 0.195. The van der Waals surface area contributed by atoms with Gasteiger partial charge in [-0.3, -0.25) is 19.7 Å². The van der Waals surface area contributed by atoms with Crippen molar-refractivity contribution < 1.29 is 18.9 Å². The number of thioether (sulfide) groups is 1. The summed E-state index contributed by atoms with van der Waals surface area (Å²) in [7, 11) is 0. The van der Waals surface area contributed by atoms with Gasteiger partial charge in [0.2, 0.25) is 11.8 Å². The minimum Gasteiger partial charge on any atom is -0.411 e. The Morgan fingerprint density at radius 1 is 0.923 bits per heavy atom. The summed E-state index contributed by atoms with van der Waals surface area (Å²) < 4.78 is 5.56. The van der Waals surface area contributed by atoms with Crippen LogP contribution in [0.15, 0.2) is 88.5 Å². The van der Waals surface area contributed by atoms with Crippen LogP contribution in [0.4, 0.5) is 17.1 Å². The molecule has 11 nitrogen and oxygen atoms in total. The minimum absolute atomic E-state index is 0.0320. The molecule has 4 aromatic rings. The Labute approximate surface area is 228 Å². The molecule has 0 aliphatic carbocycles. The molecular formula is C27H24N6O5S. The molecule has 1 fully saturated rings. The number of amides is 2. The first-order valence-electron chi connectivity index (χ1n) is 12.2. The Morgan fingerprint density at radius 3 is 2.28 bits per heavy atom. The number of anilines is 2. The number of nitrogens with one attached hydrogen (secondary N) is 1. The average Bonchev–Trinajstić information content (AvgIpc) is 3.46. The van der Waals surface area contributed by atoms with Crippen LogP contribution in [0.1, 0.15) is 10.4 Å². The number of hydrogen-bond donors (Lipinski definition) is 1. The fourth-order valence-electron chi connectivity index (χ4n) is 4.12. The Kier molecular flexibility index (Phi) is 7.83. The number of carbonyl (C=O) groups is 2. The summed E-state index contributed by atoms with van der Waals surface area (Å²) in [4.78, 5) is 39.5. The molecule has 198 valence electrons. The summed E-state index contributed by atoms with van der Waals surface area (Å²) in [5.74, 6) is 0.111. The highest BCUT2D eigenvalue weighted by atomic mass is 32.2. The first kappa shape index (κ1) is 25.9. The number of nitro groups is 1. The zero-order valence-corrected chi connectivity index (χ0v) is 21.5. The van der Waals surface area contributed by atoms with Crippen LogP contribution in [-0.4, -0.2) is 63.8 Å². The molecule has 2 heterocycles. The fourth-order valence-corrected chi connectivity index (χ4v) is 4.68. The second-order valence-corrected chi connectivity index (χ2v) is 9.63. The average molecular weight is 545 g/mol. The maximum Gasteiger partial charge on any atom is 0.277 e. The molecule has 39 heavy (non-hydrogen) atoms. The van der Waals surface area contributed by atoms with E-state index in [0.29, 0.717) is 29.9 Å². The zero-order chi connectivity index (χ0) is 27.2. The summed E-state index contributed by atoms with van der Waals surface area (Å²) in [6.45, 7) is 2.75. The number of rotatable bonds is 8. The fraction of sp³-hybridized carbons (Fsp3) is 0.185. The van der Waals surface area contributed by atoms with Crippen LogP contribution >= 0.6 is 11.8 Å². The van der Waals surface area contributed by atoms with Crippen molar-refractivity contribution in [3.63, 3.8) is 0 Å². The van der Waals surface area contributed by atoms with E-state index in [-0.39, 0.29) is 34.4 Å². The number of non-ortho nitro benzene ring substituents is 1. The standard InChI is InChI=1S/C27H24N6O5S/c34-24(18-39-27-30-29-25(38-27)19-6-10-23(11-7-19)33(36)37)28-21-8-12-22(13-9-21)31-14-16-32(17-15-31)26(35)20-4-2-1-3-5-20/h1-13H,14-18H2,(H,28,34).